The lowest BCUT2D eigenvalue weighted by Crippen LogP contribution is -2.14. The second kappa shape index (κ2) is 8.04. The lowest BCUT2D eigenvalue weighted by Gasteiger charge is -2.13. The Morgan fingerprint density at radius 1 is 1.27 bits per heavy atom. The van der Waals surface area contributed by atoms with Crippen LogP contribution >= 0.6 is 0 Å². The highest BCUT2D eigenvalue weighted by Crippen LogP contribution is 2.28. The SMILES string of the molecule is COc1ccccc1-n1c(C)cc(/C=C(\C#N)C(=O)O[C@H](C)C#N)c1C. The molecule has 6 heteroatoms. The van der Waals surface area contributed by atoms with E-state index < -0.39 is 12.1 Å². The first-order valence-corrected chi connectivity index (χ1v) is 7.97. The summed E-state index contributed by atoms with van der Waals surface area (Å²) < 4.78 is 12.3. The molecule has 0 radical (unpaired) electrons. The van der Waals surface area contributed by atoms with Crippen LogP contribution in [0.2, 0.25) is 0 Å². The summed E-state index contributed by atoms with van der Waals surface area (Å²) in [6.07, 6.45) is 0.556. The molecule has 0 unspecified atom stereocenters. The first-order chi connectivity index (χ1) is 12.4. The molecule has 2 aromatic rings. The third kappa shape index (κ3) is 3.76. The number of para-hydroxylation sites is 2. The van der Waals surface area contributed by atoms with Gasteiger partial charge in [0.05, 0.1) is 12.8 Å². The Kier molecular flexibility index (Phi) is 5.82. The molecule has 1 atom stereocenters. The number of carbonyl (C=O) groups excluding carboxylic acids is 1. The van der Waals surface area contributed by atoms with Gasteiger partial charge < -0.3 is 14.0 Å². The van der Waals surface area contributed by atoms with Crippen LogP contribution in [0.3, 0.4) is 0 Å². The van der Waals surface area contributed by atoms with Crippen molar-refractivity contribution in [2.24, 2.45) is 0 Å². The zero-order valence-corrected chi connectivity index (χ0v) is 15.1. The molecule has 0 aliphatic heterocycles. The highest BCUT2D eigenvalue weighted by atomic mass is 16.5. The molecule has 132 valence electrons. The van der Waals surface area contributed by atoms with Gasteiger partial charge in [-0.05, 0) is 50.6 Å². The second-order valence-electron chi connectivity index (χ2n) is 5.68. The number of nitrogens with zero attached hydrogens (tertiary/aromatic N) is 3. The van der Waals surface area contributed by atoms with Crippen molar-refractivity contribution in [3.05, 3.63) is 52.9 Å². The molecule has 0 spiro atoms. The van der Waals surface area contributed by atoms with Crippen LogP contribution in [-0.2, 0) is 9.53 Å². The molecule has 0 saturated heterocycles. The van der Waals surface area contributed by atoms with E-state index in [9.17, 15) is 10.1 Å². The summed E-state index contributed by atoms with van der Waals surface area (Å²) in [4.78, 5) is 12.0. The highest BCUT2D eigenvalue weighted by Gasteiger charge is 2.17. The fraction of sp³-hybridized carbons (Fsp3) is 0.250. The Morgan fingerprint density at radius 2 is 1.96 bits per heavy atom. The fourth-order valence-corrected chi connectivity index (χ4v) is 2.66. The number of aryl methyl sites for hydroxylation is 1. The quantitative estimate of drug-likeness (QED) is 0.468. The topological polar surface area (TPSA) is 88.0 Å². The molecule has 1 aromatic carbocycles. The maximum atomic E-state index is 12.0. The van der Waals surface area contributed by atoms with Gasteiger partial charge in [0.25, 0.3) is 0 Å². The predicted molar refractivity (Wildman–Crippen MR) is 96.6 cm³/mol. The van der Waals surface area contributed by atoms with E-state index >= 15 is 0 Å². The molecule has 0 amide bonds. The number of methoxy groups -OCH3 is 1. The minimum atomic E-state index is -0.916. The van der Waals surface area contributed by atoms with Crippen molar-refractivity contribution in [3.63, 3.8) is 0 Å². The molecule has 26 heavy (non-hydrogen) atoms. The summed E-state index contributed by atoms with van der Waals surface area (Å²) in [6, 6.07) is 13.1. The molecule has 0 N–H and O–H groups in total. The van der Waals surface area contributed by atoms with Gasteiger partial charge in [-0.2, -0.15) is 10.5 Å². The van der Waals surface area contributed by atoms with E-state index in [1.54, 1.807) is 13.2 Å². The van der Waals surface area contributed by atoms with Crippen LogP contribution in [0.1, 0.15) is 23.9 Å². The molecular weight excluding hydrogens is 330 g/mol. The molecule has 0 fully saturated rings. The normalized spacial score (nSPS) is 12.0. The summed E-state index contributed by atoms with van der Waals surface area (Å²) in [5.41, 5.74) is 3.19. The summed E-state index contributed by atoms with van der Waals surface area (Å²) in [6.45, 7) is 5.27. The van der Waals surface area contributed by atoms with E-state index in [-0.39, 0.29) is 5.57 Å². The first-order valence-electron chi connectivity index (χ1n) is 7.97. The summed E-state index contributed by atoms with van der Waals surface area (Å²) >= 11 is 0. The number of esters is 1. The van der Waals surface area contributed by atoms with E-state index in [0.29, 0.717) is 11.3 Å². The van der Waals surface area contributed by atoms with Crippen molar-refractivity contribution in [1.82, 2.24) is 4.57 Å². The third-order valence-corrected chi connectivity index (χ3v) is 3.90. The van der Waals surface area contributed by atoms with Crippen LogP contribution in [0.25, 0.3) is 11.8 Å². The Hall–Kier alpha value is -3.51. The van der Waals surface area contributed by atoms with Crippen molar-refractivity contribution in [3.8, 4) is 23.6 Å². The van der Waals surface area contributed by atoms with Gasteiger partial charge in [-0.1, -0.05) is 12.1 Å². The summed E-state index contributed by atoms with van der Waals surface area (Å²) in [5, 5.41) is 18.0. The van der Waals surface area contributed by atoms with E-state index in [2.05, 4.69) is 0 Å². The number of rotatable bonds is 5. The van der Waals surface area contributed by atoms with Crippen LogP contribution in [0.15, 0.2) is 35.9 Å². The van der Waals surface area contributed by atoms with Gasteiger partial charge in [-0.25, -0.2) is 4.79 Å². The van der Waals surface area contributed by atoms with Gasteiger partial charge in [-0.15, -0.1) is 0 Å². The lowest BCUT2D eigenvalue weighted by molar-refractivity contribution is -0.140. The van der Waals surface area contributed by atoms with Crippen LogP contribution in [-0.4, -0.2) is 23.8 Å². The minimum absolute atomic E-state index is 0.160. The average molecular weight is 349 g/mol. The van der Waals surface area contributed by atoms with Crippen molar-refractivity contribution >= 4 is 12.0 Å². The molecule has 0 aliphatic carbocycles. The Morgan fingerprint density at radius 3 is 2.58 bits per heavy atom. The van der Waals surface area contributed by atoms with E-state index in [0.717, 1.165) is 17.1 Å². The Labute approximate surface area is 152 Å². The van der Waals surface area contributed by atoms with Gasteiger partial charge in [-0.3, -0.25) is 0 Å². The van der Waals surface area contributed by atoms with Gasteiger partial charge in [0.2, 0.25) is 0 Å². The maximum absolute atomic E-state index is 12.0. The number of carbonyl (C=O) groups is 1. The highest BCUT2D eigenvalue weighted by molar-refractivity contribution is 5.98. The zero-order valence-electron chi connectivity index (χ0n) is 15.1. The zero-order chi connectivity index (χ0) is 19.3. The van der Waals surface area contributed by atoms with Crippen molar-refractivity contribution in [1.29, 1.82) is 10.5 Å². The monoisotopic (exact) mass is 349 g/mol. The van der Waals surface area contributed by atoms with Crippen LogP contribution < -0.4 is 4.74 Å². The number of aromatic nitrogens is 1. The van der Waals surface area contributed by atoms with Crippen LogP contribution in [0, 0.1) is 36.5 Å². The Bertz CT molecular complexity index is 942. The smallest absolute Gasteiger partial charge is 0.350 e. The standard InChI is InChI=1S/C20H19N3O3/c1-13-9-16(10-17(12-22)20(24)26-14(2)11-21)15(3)23(13)18-7-5-6-8-19(18)25-4/h5-10,14H,1-4H3/b17-10+/t14-/m1/s1. The van der Waals surface area contributed by atoms with Crippen molar-refractivity contribution < 1.29 is 14.3 Å². The molecule has 0 aliphatic rings. The van der Waals surface area contributed by atoms with Gasteiger partial charge in [0.1, 0.15) is 23.5 Å². The molecule has 2 rings (SSSR count). The van der Waals surface area contributed by atoms with Crippen LogP contribution in [0.4, 0.5) is 0 Å². The summed E-state index contributed by atoms with van der Waals surface area (Å²) in [7, 11) is 1.61. The number of ether oxygens (including phenoxy) is 2. The van der Waals surface area contributed by atoms with Gasteiger partial charge in [0, 0.05) is 11.4 Å². The number of benzene rings is 1. The average Bonchev–Trinajstić information content (AvgIpc) is 2.92. The molecular formula is C20H19N3O3. The third-order valence-electron chi connectivity index (χ3n) is 3.90. The summed E-state index contributed by atoms with van der Waals surface area (Å²) in [5.74, 6) is -0.101. The number of nitriles is 2. The van der Waals surface area contributed by atoms with E-state index in [1.165, 1.54) is 13.0 Å². The van der Waals surface area contributed by atoms with Crippen molar-refractivity contribution in [2.75, 3.05) is 7.11 Å². The first kappa shape index (κ1) is 18.8. The molecule has 6 nitrogen and oxygen atoms in total. The van der Waals surface area contributed by atoms with Gasteiger partial charge in [0.15, 0.2) is 6.10 Å². The molecule has 1 aromatic heterocycles. The van der Waals surface area contributed by atoms with Gasteiger partial charge >= 0.3 is 5.97 Å². The maximum Gasteiger partial charge on any atom is 0.350 e. The second-order valence-corrected chi connectivity index (χ2v) is 5.68. The lowest BCUT2D eigenvalue weighted by atomic mass is 10.1. The molecule has 0 bridgehead atoms. The predicted octanol–water partition coefficient (Wildman–Crippen LogP) is 3.47. The molecule has 0 saturated carbocycles. The minimum Gasteiger partial charge on any atom is -0.495 e. The van der Waals surface area contributed by atoms with Crippen molar-refractivity contribution in [2.45, 2.75) is 26.9 Å². The van der Waals surface area contributed by atoms with Crippen LogP contribution in [0.5, 0.6) is 5.75 Å². The Balaban J connectivity index is 2.49. The molecule has 1 heterocycles. The fourth-order valence-electron chi connectivity index (χ4n) is 2.66. The van der Waals surface area contributed by atoms with E-state index in [1.807, 2.05) is 54.8 Å². The number of hydrogen-bond donors (Lipinski definition) is 0. The van der Waals surface area contributed by atoms with E-state index in [4.69, 9.17) is 14.7 Å². The largest absolute Gasteiger partial charge is 0.495 e. The number of hydrogen-bond acceptors (Lipinski definition) is 5.